The fraction of sp³-hybridized carbons (Fsp3) is 0.333. The van der Waals surface area contributed by atoms with Crippen LogP contribution in [0.3, 0.4) is 0 Å². The van der Waals surface area contributed by atoms with Crippen molar-refractivity contribution in [3.05, 3.63) is 53.9 Å². The van der Waals surface area contributed by atoms with Gasteiger partial charge in [0.05, 0.1) is 24.5 Å². The SMILES string of the molecule is O=C(Nc1ccc(F)c(F)c1)c1cncc(NCCN2CCOCC2)c1. The van der Waals surface area contributed by atoms with Crippen LogP contribution in [0.5, 0.6) is 0 Å². The highest BCUT2D eigenvalue weighted by atomic mass is 19.2. The van der Waals surface area contributed by atoms with Crippen molar-refractivity contribution in [3.8, 4) is 0 Å². The number of carbonyl (C=O) groups is 1. The summed E-state index contributed by atoms with van der Waals surface area (Å²) in [4.78, 5) is 18.6. The van der Waals surface area contributed by atoms with E-state index in [9.17, 15) is 13.6 Å². The average Bonchev–Trinajstić information content (AvgIpc) is 2.66. The highest BCUT2D eigenvalue weighted by Crippen LogP contribution is 2.15. The molecule has 1 aromatic carbocycles. The number of hydrogen-bond donors (Lipinski definition) is 2. The zero-order valence-corrected chi connectivity index (χ0v) is 14.2. The lowest BCUT2D eigenvalue weighted by molar-refractivity contribution is 0.0398. The Morgan fingerprint density at radius 2 is 1.92 bits per heavy atom. The molecule has 1 saturated heterocycles. The minimum Gasteiger partial charge on any atom is -0.382 e. The van der Waals surface area contributed by atoms with Crippen LogP contribution in [0.2, 0.25) is 0 Å². The van der Waals surface area contributed by atoms with Gasteiger partial charge in [0.1, 0.15) is 0 Å². The normalized spacial score (nSPS) is 14.8. The summed E-state index contributed by atoms with van der Waals surface area (Å²) in [6, 6.07) is 4.87. The monoisotopic (exact) mass is 362 g/mol. The molecule has 8 heteroatoms. The molecule has 2 N–H and O–H groups in total. The fourth-order valence-corrected chi connectivity index (χ4v) is 2.62. The lowest BCUT2D eigenvalue weighted by Crippen LogP contribution is -2.39. The van der Waals surface area contributed by atoms with Gasteiger partial charge in [0.25, 0.3) is 5.91 Å². The van der Waals surface area contributed by atoms with Gasteiger partial charge in [0.15, 0.2) is 11.6 Å². The van der Waals surface area contributed by atoms with Gasteiger partial charge < -0.3 is 15.4 Å². The Bertz CT molecular complexity index is 767. The second-order valence-corrected chi connectivity index (χ2v) is 5.93. The first-order valence-electron chi connectivity index (χ1n) is 8.37. The molecule has 2 aromatic rings. The molecule has 1 fully saturated rings. The number of pyridine rings is 1. The van der Waals surface area contributed by atoms with Crippen molar-refractivity contribution in [1.29, 1.82) is 0 Å². The van der Waals surface area contributed by atoms with E-state index in [4.69, 9.17) is 4.74 Å². The number of benzene rings is 1. The Morgan fingerprint density at radius 1 is 1.12 bits per heavy atom. The number of amides is 1. The van der Waals surface area contributed by atoms with E-state index in [1.165, 1.54) is 12.3 Å². The topological polar surface area (TPSA) is 66.5 Å². The molecule has 3 rings (SSSR count). The minimum absolute atomic E-state index is 0.180. The van der Waals surface area contributed by atoms with Crippen LogP contribution in [0, 0.1) is 11.6 Å². The van der Waals surface area contributed by atoms with Crippen LogP contribution in [0.4, 0.5) is 20.2 Å². The zero-order chi connectivity index (χ0) is 18.4. The molecule has 1 aromatic heterocycles. The number of halogens is 2. The quantitative estimate of drug-likeness (QED) is 0.826. The molecule has 26 heavy (non-hydrogen) atoms. The lowest BCUT2D eigenvalue weighted by Gasteiger charge is -2.26. The summed E-state index contributed by atoms with van der Waals surface area (Å²) in [5, 5.41) is 5.76. The van der Waals surface area contributed by atoms with E-state index in [0.717, 1.165) is 57.2 Å². The molecule has 0 atom stereocenters. The maximum atomic E-state index is 13.2. The third kappa shape index (κ3) is 4.96. The van der Waals surface area contributed by atoms with Gasteiger partial charge in [0, 0.05) is 50.3 Å². The molecular formula is C18H20F2N4O2. The molecule has 0 radical (unpaired) electrons. The highest BCUT2D eigenvalue weighted by Gasteiger charge is 2.11. The van der Waals surface area contributed by atoms with Crippen molar-refractivity contribution in [3.63, 3.8) is 0 Å². The first-order chi connectivity index (χ1) is 12.6. The van der Waals surface area contributed by atoms with E-state index in [2.05, 4.69) is 20.5 Å². The predicted molar refractivity (Wildman–Crippen MR) is 94.3 cm³/mol. The summed E-state index contributed by atoms with van der Waals surface area (Å²) in [6.07, 6.45) is 3.05. The zero-order valence-electron chi connectivity index (χ0n) is 14.2. The van der Waals surface area contributed by atoms with Gasteiger partial charge >= 0.3 is 0 Å². The van der Waals surface area contributed by atoms with Crippen molar-refractivity contribution in [2.75, 3.05) is 50.0 Å². The number of nitrogens with one attached hydrogen (secondary N) is 2. The van der Waals surface area contributed by atoms with Crippen molar-refractivity contribution in [1.82, 2.24) is 9.88 Å². The first-order valence-corrected chi connectivity index (χ1v) is 8.37. The third-order valence-corrected chi connectivity index (χ3v) is 4.04. The molecule has 2 heterocycles. The average molecular weight is 362 g/mol. The fourth-order valence-electron chi connectivity index (χ4n) is 2.62. The Balaban J connectivity index is 1.55. The summed E-state index contributed by atoms with van der Waals surface area (Å²) < 4.78 is 31.5. The maximum absolute atomic E-state index is 13.2. The number of ether oxygens (including phenoxy) is 1. The lowest BCUT2D eigenvalue weighted by atomic mass is 10.2. The van der Waals surface area contributed by atoms with Gasteiger partial charge in [-0.15, -0.1) is 0 Å². The number of hydrogen-bond acceptors (Lipinski definition) is 5. The summed E-state index contributed by atoms with van der Waals surface area (Å²) >= 11 is 0. The van der Waals surface area contributed by atoms with Gasteiger partial charge in [-0.3, -0.25) is 14.7 Å². The van der Waals surface area contributed by atoms with Crippen molar-refractivity contribution >= 4 is 17.3 Å². The molecule has 6 nitrogen and oxygen atoms in total. The van der Waals surface area contributed by atoms with Crippen LogP contribution in [0.25, 0.3) is 0 Å². The van der Waals surface area contributed by atoms with Crippen LogP contribution < -0.4 is 10.6 Å². The third-order valence-electron chi connectivity index (χ3n) is 4.04. The van der Waals surface area contributed by atoms with Crippen LogP contribution in [-0.4, -0.2) is 55.2 Å². The molecule has 1 amide bonds. The van der Waals surface area contributed by atoms with E-state index in [-0.39, 0.29) is 5.69 Å². The van der Waals surface area contributed by atoms with Gasteiger partial charge in [0.2, 0.25) is 0 Å². The van der Waals surface area contributed by atoms with Crippen LogP contribution in [0.15, 0.2) is 36.7 Å². The number of morpholine rings is 1. The van der Waals surface area contributed by atoms with Crippen LogP contribution in [0.1, 0.15) is 10.4 Å². The Morgan fingerprint density at radius 3 is 2.69 bits per heavy atom. The van der Waals surface area contributed by atoms with E-state index in [0.29, 0.717) is 5.56 Å². The Labute approximate surface area is 150 Å². The minimum atomic E-state index is -1.01. The van der Waals surface area contributed by atoms with Gasteiger partial charge in [-0.05, 0) is 18.2 Å². The number of nitrogens with zero attached hydrogens (tertiary/aromatic N) is 2. The van der Waals surface area contributed by atoms with Crippen molar-refractivity contribution in [2.45, 2.75) is 0 Å². The molecule has 0 unspecified atom stereocenters. The van der Waals surface area contributed by atoms with E-state index < -0.39 is 17.5 Å². The smallest absolute Gasteiger partial charge is 0.257 e. The van der Waals surface area contributed by atoms with Crippen LogP contribution >= 0.6 is 0 Å². The van der Waals surface area contributed by atoms with E-state index in [1.807, 2.05) is 0 Å². The number of rotatable bonds is 6. The number of aromatic nitrogens is 1. The summed E-state index contributed by atoms with van der Waals surface area (Å²) in [5.74, 6) is -2.42. The second kappa shape index (κ2) is 8.68. The van der Waals surface area contributed by atoms with Crippen molar-refractivity contribution < 1.29 is 18.3 Å². The van der Waals surface area contributed by atoms with Gasteiger partial charge in [-0.2, -0.15) is 0 Å². The predicted octanol–water partition coefficient (Wildman–Crippen LogP) is 2.36. The van der Waals surface area contributed by atoms with Gasteiger partial charge in [-0.25, -0.2) is 8.78 Å². The molecular weight excluding hydrogens is 342 g/mol. The number of carbonyl (C=O) groups excluding carboxylic acids is 1. The highest BCUT2D eigenvalue weighted by molar-refractivity contribution is 6.04. The molecule has 0 saturated carbocycles. The van der Waals surface area contributed by atoms with E-state index >= 15 is 0 Å². The maximum Gasteiger partial charge on any atom is 0.257 e. The van der Waals surface area contributed by atoms with Crippen molar-refractivity contribution in [2.24, 2.45) is 0 Å². The summed E-state index contributed by atoms with van der Waals surface area (Å²) in [5.41, 5.74) is 1.22. The summed E-state index contributed by atoms with van der Waals surface area (Å²) in [6.45, 7) is 4.92. The first kappa shape index (κ1) is 18.2. The molecule has 1 aliphatic rings. The molecule has 1 aliphatic heterocycles. The molecule has 0 bridgehead atoms. The van der Waals surface area contributed by atoms with Crippen LogP contribution in [-0.2, 0) is 4.74 Å². The number of anilines is 2. The Hall–Kier alpha value is -2.58. The largest absolute Gasteiger partial charge is 0.382 e. The second-order valence-electron chi connectivity index (χ2n) is 5.93. The molecule has 0 aliphatic carbocycles. The molecule has 138 valence electrons. The Kier molecular flexibility index (Phi) is 6.08. The molecule has 0 spiro atoms. The summed E-state index contributed by atoms with van der Waals surface area (Å²) in [7, 11) is 0. The standard InChI is InChI=1S/C18H20F2N4O2/c19-16-2-1-14(10-17(16)20)23-18(25)13-9-15(12-21-11-13)22-3-4-24-5-7-26-8-6-24/h1-2,9-12,22H,3-8H2,(H,23,25). The van der Waals surface area contributed by atoms with Gasteiger partial charge in [-0.1, -0.05) is 0 Å². The van der Waals surface area contributed by atoms with E-state index in [1.54, 1.807) is 12.3 Å².